The van der Waals surface area contributed by atoms with Crippen LogP contribution in [-0.4, -0.2) is 6.61 Å². The van der Waals surface area contributed by atoms with Gasteiger partial charge >= 0.3 is 0 Å². The Bertz CT molecular complexity index is 373. The van der Waals surface area contributed by atoms with Gasteiger partial charge in [-0.05, 0) is 36.5 Å². The fourth-order valence-electron chi connectivity index (χ4n) is 2.49. The number of nitrogens with two attached hydrogens (primary N) is 1. The summed E-state index contributed by atoms with van der Waals surface area (Å²) >= 11 is 0. The Kier molecular flexibility index (Phi) is 1.77. The highest BCUT2D eigenvalue weighted by atomic mass is 16.5. The van der Waals surface area contributed by atoms with Crippen LogP contribution < -0.4 is 10.5 Å². The number of aryl methyl sites for hydroxylation is 2. The Morgan fingerprint density at radius 2 is 2.00 bits per heavy atom. The highest BCUT2D eigenvalue weighted by Gasteiger charge is 2.22. The fourth-order valence-corrected chi connectivity index (χ4v) is 2.49. The lowest BCUT2D eigenvalue weighted by atomic mass is 9.97. The molecule has 0 amide bonds. The first kappa shape index (κ1) is 8.30. The Balaban J connectivity index is 2.12. The van der Waals surface area contributed by atoms with Crippen LogP contribution in [0.25, 0.3) is 0 Å². The molecule has 1 unspecified atom stereocenters. The van der Waals surface area contributed by atoms with Gasteiger partial charge in [-0.1, -0.05) is 6.07 Å². The number of rotatable bonds is 0. The summed E-state index contributed by atoms with van der Waals surface area (Å²) in [6.07, 6.45) is 4.66. The molecule has 0 radical (unpaired) electrons. The van der Waals surface area contributed by atoms with Crippen molar-refractivity contribution in [2.45, 2.75) is 31.7 Å². The summed E-state index contributed by atoms with van der Waals surface area (Å²) in [5, 5.41) is 0. The molecule has 2 nitrogen and oxygen atoms in total. The minimum absolute atomic E-state index is 0.185. The number of hydrogen-bond donors (Lipinski definition) is 1. The first-order valence-corrected chi connectivity index (χ1v) is 5.38. The van der Waals surface area contributed by atoms with Crippen molar-refractivity contribution in [3.8, 4) is 5.75 Å². The van der Waals surface area contributed by atoms with Crippen LogP contribution in [0, 0.1) is 0 Å². The van der Waals surface area contributed by atoms with Gasteiger partial charge in [0.15, 0.2) is 0 Å². The monoisotopic (exact) mass is 189 g/mol. The third-order valence-electron chi connectivity index (χ3n) is 3.31. The van der Waals surface area contributed by atoms with Crippen LogP contribution >= 0.6 is 0 Å². The maximum Gasteiger partial charge on any atom is 0.124 e. The molecular weight excluding hydrogens is 174 g/mol. The van der Waals surface area contributed by atoms with Crippen LogP contribution in [0.15, 0.2) is 12.1 Å². The first-order chi connectivity index (χ1) is 6.84. The maximum absolute atomic E-state index is 6.06. The predicted octanol–water partition coefficient (Wildman–Crippen LogP) is 1.96. The molecule has 0 bridgehead atoms. The van der Waals surface area contributed by atoms with Crippen molar-refractivity contribution in [2.24, 2.45) is 5.73 Å². The second-order valence-corrected chi connectivity index (χ2v) is 4.26. The van der Waals surface area contributed by atoms with Gasteiger partial charge in [-0.25, -0.2) is 0 Å². The van der Waals surface area contributed by atoms with E-state index in [4.69, 9.17) is 10.5 Å². The van der Waals surface area contributed by atoms with E-state index in [2.05, 4.69) is 12.1 Å². The number of ether oxygens (including phenoxy) is 1. The Morgan fingerprint density at radius 1 is 1.21 bits per heavy atom. The second kappa shape index (κ2) is 2.99. The van der Waals surface area contributed by atoms with E-state index in [1.165, 1.54) is 36.0 Å². The van der Waals surface area contributed by atoms with Gasteiger partial charge in [0, 0.05) is 18.0 Å². The zero-order chi connectivity index (χ0) is 9.54. The van der Waals surface area contributed by atoms with Crippen molar-refractivity contribution >= 4 is 0 Å². The van der Waals surface area contributed by atoms with Crippen molar-refractivity contribution < 1.29 is 4.74 Å². The molecule has 1 aromatic rings. The predicted molar refractivity (Wildman–Crippen MR) is 55.5 cm³/mol. The molecule has 0 spiro atoms. The van der Waals surface area contributed by atoms with Crippen LogP contribution in [0.4, 0.5) is 0 Å². The van der Waals surface area contributed by atoms with E-state index in [9.17, 15) is 0 Å². The molecule has 2 heteroatoms. The summed E-state index contributed by atoms with van der Waals surface area (Å²) in [6.45, 7) is 0.771. The smallest absolute Gasteiger partial charge is 0.124 e. The molecule has 0 aromatic heterocycles. The van der Waals surface area contributed by atoms with Gasteiger partial charge in [0.1, 0.15) is 5.75 Å². The third kappa shape index (κ3) is 1.14. The molecule has 1 aliphatic heterocycles. The zero-order valence-corrected chi connectivity index (χ0v) is 8.25. The fraction of sp³-hybridized carbons (Fsp3) is 0.500. The molecule has 2 N–H and O–H groups in total. The highest BCUT2D eigenvalue weighted by Crippen LogP contribution is 2.35. The molecule has 1 heterocycles. The van der Waals surface area contributed by atoms with Crippen LogP contribution in [-0.2, 0) is 12.8 Å². The minimum Gasteiger partial charge on any atom is -0.493 e. The van der Waals surface area contributed by atoms with Gasteiger partial charge in [0.05, 0.1) is 6.61 Å². The molecule has 0 saturated heterocycles. The molecule has 1 aliphatic carbocycles. The van der Waals surface area contributed by atoms with Gasteiger partial charge in [0.25, 0.3) is 0 Å². The quantitative estimate of drug-likeness (QED) is 0.677. The first-order valence-electron chi connectivity index (χ1n) is 5.38. The molecule has 1 atom stereocenters. The van der Waals surface area contributed by atoms with Crippen molar-refractivity contribution in [3.05, 3.63) is 28.8 Å². The highest BCUT2D eigenvalue weighted by molar-refractivity contribution is 5.46. The molecule has 14 heavy (non-hydrogen) atoms. The van der Waals surface area contributed by atoms with Crippen LogP contribution in [0.1, 0.15) is 35.6 Å². The summed E-state index contributed by atoms with van der Waals surface area (Å²) < 4.78 is 5.64. The van der Waals surface area contributed by atoms with Gasteiger partial charge in [-0.2, -0.15) is 0 Å². The largest absolute Gasteiger partial charge is 0.493 e. The molecule has 0 fully saturated rings. The van der Waals surface area contributed by atoms with E-state index >= 15 is 0 Å². The Morgan fingerprint density at radius 3 is 2.86 bits per heavy atom. The molecule has 1 aromatic carbocycles. The van der Waals surface area contributed by atoms with Crippen molar-refractivity contribution in [3.63, 3.8) is 0 Å². The van der Waals surface area contributed by atoms with Crippen molar-refractivity contribution in [2.75, 3.05) is 6.61 Å². The van der Waals surface area contributed by atoms with E-state index in [0.29, 0.717) is 0 Å². The number of benzene rings is 1. The van der Waals surface area contributed by atoms with Crippen LogP contribution in [0.2, 0.25) is 0 Å². The van der Waals surface area contributed by atoms with E-state index in [-0.39, 0.29) is 6.04 Å². The topological polar surface area (TPSA) is 35.2 Å². The number of fused-ring (bicyclic) bond motifs is 2. The molecule has 74 valence electrons. The van der Waals surface area contributed by atoms with Gasteiger partial charge in [-0.3, -0.25) is 0 Å². The normalized spacial score (nSPS) is 23.9. The molecule has 0 saturated carbocycles. The van der Waals surface area contributed by atoms with Crippen LogP contribution in [0.5, 0.6) is 5.75 Å². The lowest BCUT2D eigenvalue weighted by Crippen LogP contribution is -2.20. The Labute approximate surface area is 84.1 Å². The van der Waals surface area contributed by atoms with Crippen molar-refractivity contribution in [1.82, 2.24) is 0 Å². The minimum atomic E-state index is 0.185. The summed E-state index contributed by atoms with van der Waals surface area (Å²) in [4.78, 5) is 0. The van der Waals surface area contributed by atoms with E-state index in [0.717, 1.165) is 18.8 Å². The second-order valence-electron chi connectivity index (χ2n) is 4.26. The number of hydrogen-bond acceptors (Lipinski definition) is 2. The standard InChI is InChI=1S/C12H15NO/c13-11-4-5-14-12-7-9-3-1-2-8(9)6-10(11)12/h6-7,11H,1-5,13H2. The molecule has 3 rings (SSSR count). The third-order valence-corrected chi connectivity index (χ3v) is 3.31. The van der Waals surface area contributed by atoms with E-state index in [1.807, 2.05) is 0 Å². The summed E-state index contributed by atoms with van der Waals surface area (Å²) in [5.74, 6) is 1.03. The molecule has 2 aliphatic rings. The summed E-state index contributed by atoms with van der Waals surface area (Å²) in [6, 6.07) is 4.66. The van der Waals surface area contributed by atoms with Crippen LogP contribution in [0.3, 0.4) is 0 Å². The van der Waals surface area contributed by atoms with E-state index in [1.54, 1.807) is 0 Å². The van der Waals surface area contributed by atoms with Gasteiger partial charge in [-0.15, -0.1) is 0 Å². The lowest BCUT2D eigenvalue weighted by Gasteiger charge is -2.23. The average Bonchev–Trinajstić information content (AvgIpc) is 2.62. The molecular formula is C12H15NO. The average molecular weight is 189 g/mol. The summed E-state index contributed by atoms with van der Waals surface area (Å²) in [5.41, 5.74) is 10.2. The Hall–Kier alpha value is -1.02. The zero-order valence-electron chi connectivity index (χ0n) is 8.25. The summed E-state index contributed by atoms with van der Waals surface area (Å²) in [7, 11) is 0. The lowest BCUT2D eigenvalue weighted by molar-refractivity contribution is 0.268. The SMILES string of the molecule is NC1CCOc2cc3c(cc21)CCC3. The van der Waals surface area contributed by atoms with E-state index < -0.39 is 0 Å². The van der Waals surface area contributed by atoms with Gasteiger partial charge in [0.2, 0.25) is 0 Å². The van der Waals surface area contributed by atoms with Gasteiger partial charge < -0.3 is 10.5 Å². The maximum atomic E-state index is 6.06. The van der Waals surface area contributed by atoms with Crippen molar-refractivity contribution in [1.29, 1.82) is 0 Å².